The molecule has 1 aromatic rings. The number of aryl methyl sites for hydroxylation is 1. The van der Waals surface area contributed by atoms with Crippen LogP contribution in [0.3, 0.4) is 0 Å². The average molecular weight is 232 g/mol. The number of benzene rings is 1. The highest BCUT2D eigenvalue weighted by atomic mass is 16.5. The fourth-order valence-corrected chi connectivity index (χ4v) is 2.36. The van der Waals surface area contributed by atoms with Gasteiger partial charge in [0.05, 0.1) is 7.11 Å². The lowest BCUT2D eigenvalue weighted by atomic mass is 9.80. The second kappa shape index (κ2) is 4.95. The summed E-state index contributed by atoms with van der Waals surface area (Å²) in [5.41, 5.74) is 5.21. The minimum atomic E-state index is 0.151. The van der Waals surface area contributed by atoms with Crippen LogP contribution in [0.2, 0.25) is 0 Å². The van der Waals surface area contributed by atoms with E-state index in [1.54, 1.807) is 7.11 Å². The van der Waals surface area contributed by atoms with Gasteiger partial charge in [-0.25, -0.2) is 0 Å². The van der Waals surface area contributed by atoms with Gasteiger partial charge in [-0.2, -0.15) is 0 Å². The fourth-order valence-electron chi connectivity index (χ4n) is 2.36. The van der Waals surface area contributed by atoms with E-state index in [2.05, 4.69) is 47.3 Å². The van der Waals surface area contributed by atoms with Gasteiger partial charge in [-0.05, 0) is 35.4 Å². The van der Waals surface area contributed by atoms with E-state index in [4.69, 9.17) is 4.74 Å². The minimum absolute atomic E-state index is 0.151. The van der Waals surface area contributed by atoms with Crippen molar-refractivity contribution in [2.75, 3.05) is 7.11 Å². The van der Waals surface area contributed by atoms with Crippen molar-refractivity contribution in [3.8, 4) is 5.75 Å². The smallest absolute Gasteiger partial charge is 0.129 e. The maximum Gasteiger partial charge on any atom is 0.129 e. The van der Waals surface area contributed by atoms with Crippen molar-refractivity contribution in [3.63, 3.8) is 0 Å². The monoisotopic (exact) mass is 232 g/mol. The van der Waals surface area contributed by atoms with Crippen LogP contribution in [0.15, 0.2) is 12.6 Å². The summed E-state index contributed by atoms with van der Waals surface area (Å²) in [6.45, 7) is 15.0. The number of methoxy groups -OCH3 is 1. The lowest BCUT2D eigenvalue weighted by molar-refractivity contribution is 0.408. The van der Waals surface area contributed by atoms with Crippen molar-refractivity contribution in [1.82, 2.24) is 0 Å². The Morgan fingerprint density at radius 1 is 1.35 bits per heavy atom. The Balaban J connectivity index is 3.63. The van der Waals surface area contributed by atoms with Crippen molar-refractivity contribution < 1.29 is 4.74 Å². The summed E-state index contributed by atoms with van der Waals surface area (Å²) in [6, 6.07) is 2.28. The minimum Gasteiger partial charge on any atom is -0.496 e. The third-order valence-electron chi connectivity index (χ3n) is 3.26. The van der Waals surface area contributed by atoms with Crippen LogP contribution in [0.25, 0.3) is 6.08 Å². The topological polar surface area (TPSA) is 9.23 Å². The second-order valence-corrected chi connectivity index (χ2v) is 5.46. The Hall–Kier alpha value is -1.24. The normalized spacial score (nSPS) is 11.4. The average Bonchev–Trinajstić information content (AvgIpc) is 2.26. The zero-order valence-electron chi connectivity index (χ0n) is 12.0. The Bertz CT molecular complexity index is 422. The van der Waals surface area contributed by atoms with Gasteiger partial charge < -0.3 is 4.74 Å². The third-order valence-corrected chi connectivity index (χ3v) is 3.26. The molecule has 0 heterocycles. The van der Waals surface area contributed by atoms with Gasteiger partial charge in [-0.3, -0.25) is 0 Å². The van der Waals surface area contributed by atoms with E-state index in [1.807, 2.05) is 6.08 Å². The van der Waals surface area contributed by atoms with Crippen LogP contribution < -0.4 is 4.74 Å². The summed E-state index contributed by atoms with van der Waals surface area (Å²) in [7, 11) is 1.73. The van der Waals surface area contributed by atoms with Gasteiger partial charge in [-0.1, -0.05) is 46.4 Å². The fraction of sp³-hybridized carbons (Fsp3) is 0.500. The van der Waals surface area contributed by atoms with E-state index < -0.39 is 0 Å². The second-order valence-electron chi connectivity index (χ2n) is 5.46. The quantitative estimate of drug-likeness (QED) is 0.745. The number of ether oxygens (including phenoxy) is 1. The Morgan fingerprint density at radius 3 is 2.29 bits per heavy atom. The van der Waals surface area contributed by atoms with Gasteiger partial charge in [0.2, 0.25) is 0 Å². The molecule has 0 aliphatic heterocycles. The molecule has 0 atom stereocenters. The maximum atomic E-state index is 5.54. The lowest BCUT2D eigenvalue weighted by Gasteiger charge is -2.26. The predicted octanol–water partition coefficient (Wildman–Crippen LogP) is 4.51. The highest BCUT2D eigenvalue weighted by Gasteiger charge is 2.21. The first kappa shape index (κ1) is 13.8. The molecule has 0 saturated carbocycles. The summed E-state index contributed by atoms with van der Waals surface area (Å²) in [5, 5.41) is 0. The summed E-state index contributed by atoms with van der Waals surface area (Å²) >= 11 is 0. The van der Waals surface area contributed by atoms with Crippen molar-refractivity contribution in [1.29, 1.82) is 0 Å². The number of hydrogen-bond donors (Lipinski definition) is 0. The van der Waals surface area contributed by atoms with Gasteiger partial charge in [0, 0.05) is 5.56 Å². The number of hydrogen-bond acceptors (Lipinski definition) is 1. The van der Waals surface area contributed by atoms with Gasteiger partial charge in [0.15, 0.2) is 0 Å². The molecule has 94 valence electrons. The van der Waals surface area contributed by atoms with Gasteiger partial charge in [-0.15, -0.1) is 0 Å². The standard InChI is InChI=1S/C16H24O/c1-8-12-10-14(16(4,5)6)11(3)13(9-2)15(12)17-7/h9-10H,2,8H2,1,3-7H3. The molecule has 1 heteroatoms. The van der Waals surface area contributed by atoms with Crippen LogP contribution >= 0.6 is 0 Å². The Morgan fingerprint density at radius 2 is 1.94 bits per heavy atom. The van der Waals surface area contributed by atoms with E-state index in [-0.39, 0.29) is 5.41 Å². The molecule has 0 fully saturated rings. The highest BCUT2D eigenvalue weighted by molar-refractivity contribution is 5.65. The summed E-state index contributed by atoms with van der Waals surface area (Å²) in [5.74, 6) is 0.980. The van der Waals surface area contributed by atoms with Gasteiger partial charge >= 0.3 is 0 Å². The Labute approximate surface area is 106 Å². The number of rotatable bonds is 3. The lowest BCUT2D eigenvalue weighted by Crippen LogP contribution is -2.15. The largest absolute Gasteiger partial charge is 0.496 e. The van der Waals surface area contributed by atoms with Crippen LogP contribution in [-0.4, -0.2) is 7.11 Å². The molecule has 0 saturated heterocycles. The molecule has 0 spiro atoms. The van der Waals surface area contributed by atoms with E-state index in [0.29, 0.717) is 0 Å². The van der Waals surface area contributed by atoms with E-state index in [0.717, 1.165) is 17.7 Å². The molecule has 0 aromatic heterocycles. The van der Waals surface area contributed by atoms with Crippen LogP contribution in [0.5, 0.6) is 5.75 Å². The molecule has 0 aliphatic carbocycles. The molecular formula is C16H24O. The SMILES string of the molecule is C=Cc1c(C)c(C(C)(C)C)cc(CC)c1OC. The molecule has 1 rings (SSSR count). The van der Waals surface area contributed by atoms with Gasteiger partial charge in [0.25, 0.3) is 0 Å². The Kier molecular flexibility index (Phi) is 4.03. The van der Waals surface area contributed by atoms with Crippen LogP contribution in [-0.2, 0) is 11.8 Å². The molecule has 1 nitrogen and oxygen atoms in total. The molecule has 17 heavy (non-hydrogen) atoms. The molecule has 0 aliphatic rings. The first-order chi connectivity index (χ1) is 7.86. The summed E-state index contributed by atoms with van der Waals surface area (Å²) < 4.78 is 5.54. The predicted molar refractivity (Wildman–Crippen MR) is 75.9 cm³/mol. The van der Waals surface area contributed by atoms with Crippen LogP contribution in [0.4, 0.5) is 0 Å². The maximum absolute atomic E-state index is 5.54. The molecule has 0 bridgehead atoms. The first-order valence-electron chi connectivity index (χ1n) is 6.20. The van der Waals surface area contributed by atoms with Crippen molar-refractivity contribution in [3.05, 3.63) is 34.9 Å². The van der Waals surface area contributed by atoms with Crippen molar-refractivity contribution in [2.24, 2.45) is 0 Å². The third kappa shape index (κ3) is 2.54. The van der Waals surface area contributed by atoms with Gasteiger partial charge in [0.1, 0.15) is 5.75 Å². The molecule has 0 N–H and O–H groups in total. The van der Waals surface area contributed by atoms with E-state index in [9.17, 15) is 0 Å². The van der Waals surface area contributed by atoms with Crippen LogP contribution in [0, 0.1) is 6.92 Å². The van der Waals surface area contributed by atoms with E-state index >= 15 is 0 Å². The van der Waals surface area contributed by atoms with Crippen molar-refractivity contribution in [2.45, 2.75) is 46.5 Å². The molecule has 0 radical (unpaired) electrons. The highest BCUT2D eigenvalue weighted by Crippen LogP contribution is 2.36. The molecule has 1 aromatic carbocycles. The van der Waals surface area contributed by atoms with Crippen LogP contribution in [0.1, 0.15) is 49.9 Å². The molecule has 0 unspecified atom stereocenters. The zero-order valence-corrected chi connectivity index (χ0v) is 12.0. The van der Waals surface area contributed by atoms with E-state index in [1.165, 1.54) is 16.7 Å². The first-order valence-corrected chi connectivity index (χ1v) is 6.20. The zero-order chi connectivity index (χ0) is 13.2. The summed E-state index contributed by atoms with van der Waals surface area (Å²) in [6.07, 6.45) is 2.88. The summed E-state index contributed by atoms with van der Waals surface area (Å²) in [4.78, 5) is 0. The molecular weight excluding hydrogens is 208 g/mol. The van der Waals surface area contributed by atoms with Crippen molar-refractivity contribution >= 4 is 6.08 Å². The molecule has 0 amide bonds.